The molecule has 0 unspecified atom stereocenters. The van der Waals surface area contributed by atoms with Crippen molar-refractivity contribution < 1.29 is 9.53 Å². The predicted molar refractivity (Wildman–Crippen MR) is 113 cm³/mol. The molecule has 0 spiro atoms. The van der Waals surface area contributed by atoms with E-state index in [0.717, 1.165) is 43.7 Å². The Morgan fingerprint density at radius 3 is 2.29 bits per heavy atom. The molecule has 5 nitrogen and oxygen atoms in total. The number of para-hydroxylation sites is 2. The van der Waals surface area contributed by atoms with E-state index in [1.165, 1.54) is 5.56 Å². The third kappa shape index (κ3) is 3.85. The fourth-order valence-electron chi connectivity index (χ4n) is 4.37. The number of benzene rings is 2. The highest BCUT2D eigenvalue weighted by atomic mass is 16.5. The van der Waals surface area contributed by atoms with Crippen molar-refractivity contribution in [2.75, 3.05) is 23.3 Å². The number of nitrogens with zero attached hydrogens (tertiary/aromatic N) is 1. The van der Waals surface area contributed by atoms with Crippen molar-refractivity contribution >= 4 is 17.4 Å². The first-order chi connectivity index (χ1) is 13.6. The van der Waals surface area contributed by atoms with E-state index >= 15 is 0 Å². The largest absolute Gasteiger partial charge is 0.372 e. The summed E-state index contributed by atoms with van der Waals surface area (Å²) in [7, 11) is 0. The van der Waals surface area contributed by atoms with Gasteiger partial charge in [0, 0.05) is 13.1 Å². The number of carbonyl (C=O) groups is 1. The van der Waals surface area contributed by atoms with E-state index in [9.17, 15) is 4.79 Å². The van der Waals surface area contributed by atoms with Gasteiger partial charge < -0.3 is 20.3 Å². The molecule has 28 heavy (non-hydrogen) atoms. The molecule has 5 heteroatoms. The summed E-state index contributed by atoms with van der Waals surface area (Å²) in [5.74, 6) is 0. The van der Waals surface area contributed by atoms with Gasteiger partial charge in [-0.05, 0) is 50.8 Å². The number of hydrogen-bond donors (Lipinski definition) is 2. The lowest BCUT2D eigenvalue weighted by atomic mass is 9.72. The molecule has 1 aliphatic heterocycles. The van der Waals surface area contributed by atoms with E-state index < -0.39 is 0 Å². The summed E-state index contributed by atoms with van der Waals surface area (Å²) in [4.78, 5) is 15.2. The first-order valence-electron chi connectivity index (χ1n) is 10.2. The van der Waals surface area contributed by atoms with Gasteiger partial charge in [-0.1, -0.05) is 42.5 Å². The Morgan fingerprint density at radius 1 is 1.00 bits per heavy atom. The monoisotopic (exact) mass is 379 g/mol. The van der Waals surface area contributed by atoms with Crippen molar-refractivity contribution in [1.82, 2.24) is 5.32 Å². The van der Waals surface area contributed by atoms with Gasteiger partial charge in [-0.2, -0.15) is 0 Å². The zero-order chi connectivity index (χ0) is 19.6. The fourth-order valence-corrected chi connectivity index (χ4v) is 4.37. The summed E-state index contributed by atoms with van der Waals surface area (Å²) < 4.78 is 5.85. The van der Waals surface area contributed by atoms with Gasteiger partial charge >= 0.3 is 6.03 Å². The minimum absolute atomic E-state index is 0.148. The Kier molecular flexibility index (Phi) is 5.27. The quantitative estimate of drug-likeness (QED) is 0.822. The summed E-state index contributed by atoms with van der Waals surface area (Å²) in [5.41, 5.74) is 2.81. The number of hydrogen-bond acceptors (Lipinski definition) is 3. The Morgan fingerprint density at radius 2 is 1.64 bits per heavy atom. The molecule has 1 aliphatic carbocycles. The molecule has 2 aromatic rings. The van der Waals surface area contributed by atoms with Crippen molar-refractivity contribution in [3.63, 3.8) is 0 Å². The van der Waals surface area contributed by atoms with Crippen molar-refractivity contribution in [1.29, 1.82) is 0 Å². The summed E-state index contributed by atoms with van der Waals surface area (Å²) in [6.45, 7) is 5.81. The van der Waals surface area contributed by atoms with Crippen LogP contribution in [0.25, 0.3) is 0 Å². The highest BCUT2D eigenvalue weighted by Gasteiger charge is 2.40. The Bertz CT molecular complexity index is 810. The number of rotatable bonds is 4. The summed E-state index contributed by atoms with van der Waals surface area (Å²) in [6, 6.07) is 18.1. The standard InChI is InChI=1S/C23H29N3O2/c1-17-15-26(16-18(2)28-17)21-12-7-6-11-20(21)24-22(27)25-23(13-8-14-23)19-9-4-3-5-10-19/h3-7,9-12,17-18H,8,13-16H2,1-2H3,(H2,24,25,27)/t17-,18+. The highest BCUT2D eigenvalue weighted by molar-refractivity contribution is 5.93. The van der Waals surface area contributed by atoms with Crippen LogP contribution in [0.15, 0.2) is 54.6 Å². The van der Waals surface area contributed by atoms with Crippen LogP contribution in [-0.2, 0) is 10.3 Å². The Balaban J connectivity index is 1.49. The van der Waals surface area contributed by atoms with Crippen LogP contribution in [0.5, 0.6) is 0 Å². The smallest absolute Gasteiger partial charge is 0.319 e. The summed E-state index contributed by atoms with van der Waals surface area (Å²) in [6.07, 6.45) is 3.42. The first kappa shape index (κ1) is 18.8. The number of nitrogens with one attached hydrogen (secondary N) is 2. The minimum Gasteiger partial charge on any atom is -0.372 e. The number of amides is 2. The third-order valence-corrected chi connectivity index (χ3v) is 5.80. The maximum Gasteiger partial charge on any atom is 0.319 e. The van der Waals surface area contributed by atoms with Gasteiger partial charge in [0.1, 0.15) is 0 Å². The van der Waals surface area contributed by atoms with E-state index in [2.05, 4.69) is 47.6 Å². The summed E-state index contributed by atoms with van der Waals surface area (Å²) in [5, 5.41) is 6.35. The van der Waals surface area contributed by atoms with E-state index in [1.54, 1.807) is 0 Å². The van der Waals surface area contributed by atoms with Gasteiger partial charge in [-0.25, -0.2) is 4.79 Å². The second-order valence-electron chi connectivity index (χ2n) is 8.06. The molecule has 2 fully saturated rings. The molecule has 2 atom stereocenters. The van der Waals surface area contributed by atoms with Crippen LogP contribution in [0.1, 0.15) is 38.7 Å². The topological polar surface area (TPSA) is 53.6 Å². The van der Waals surface area contributed by atoms with Crippen LogP contribution < -0.4 is 15.5 Å². The van der Waals surface area contributed by atoms with E-state index in [1.807, 2.05) is 36.4 Å². The molecule has 1 saturated carbocycles. The lowest BCUT2D eigenvalue weighted by Gasteiger charge is -2.43. The molecule has 2 amide bonds. The molecule has 0 aromatic heterocycles. The zero-order valence-corrected chi connectivity index (χ0v) is 16.7. The maximum atomic E-state index is 12.9. The molecular weight excluding hydrogens is 350 g/mol. The predicted octanol–water partition coefficient (Wildman–Crippen LogP) is 4.50. The SMILES string of the molecule is C[C@@H]1CN(c2ccccc2NC(=O)NC2(c3ccccc3)CCC2)C[C@H](C)O1. The lowest BCUT2D eigenvalue weighted by Crippen LogP contribution is -2.52. The van der Waals surface area contributed by atoms with Gasteiger partial charge in [0.15, 0.2) is 0 Å². The van der Waals surface area contributed by atoms with E-state index in [4.69, 9.17) is 4.74 Å². The molecule has 2 aromatic carbocycles. The molecular formula is C23H29N3O2. The highest BCUT2D eigenvalue weighted by Crippen LogP contribution is 2.41. The van der Waals surface area contributed by atoms with Gasteiger partial charge in [-0.15, -0.1) is 0 Å². The minimum atomic E-state index is -0.248. The van der Waals surface area contributed by atoms with Crippen molar-refractivity contribution in [2.24, 2.45) is 0 Å². The number of ether oxygens (including phenoxy) is 1. The van der Waals surface area contributed by atoms with Crippen LogP contribution in [-0.4, -0.2) is 31.3 Å². The zero-order valence-electron chi connectivity index (χ0n) is 16.7. The third-order valence-electron chi connectivity index (χ3n) is 5.80. The van der Waals surface area contributed by atoms with Crippen molar-refractivity contribution in [2.45, 2.75) is 50.9 Å². The van der Waals surface area contributed by atoms with Gasteiger partial charge in [-0.3, -0.25) is 0 Å². The number of carbonyl (C=O) groups excluding carboxylic acids is 1. The molecule has 4 rings (SSSR count). The van der Waals surface area contributed by atoms with Crippen LogP contribution in [0, 0.1) is 0 Å². The number of morpholine rings is 1. The fraction of sp³-hybridized carbons (Fsp3) is 0.435. The number of urea groups is 1. The average molecular weight is 380 g/mol. The van der Waals surface area contributed by atoms with Gasteiger partial charge in [0.25, 0.3) is 0 Å². The second kappa shape index (κ2) is 7.84. The van der Waals surface area contributed by atoms with E-state index in [0.29, 0.717) is 0 Å². The second-order valence-corrected chi connectivity index (χ2v) is 8.06. The lowest BCUT2D eigenvalue weighted by molar-refractivity contribution is -0.00517. The Hall–Kier alpha value is -2.53. The van der Waals surface area contributed by atoms with Gasteiger partial charge in [0.2, 0.25) is 0 Å². The molecule has 1 saturated heterocycles. The van der Waals surface area contributed by atoms with Gasteiger partial charge in [0.05, 0.1) is 29.1 Å². The van der Waals surface area contributed by atoms with Crippen LogP contribution >= 0.6 is 0 Å². The summed E-state index contributed by atoms with van der Waals surface area (Å²) >= 11 is 0. The molecule has 0 radical (unpaired) electrons. The number of anilines is 2. The molecule has 148 valence electrons. The normalized spacial score (nSPS) is 23.6. The van der Waals surface area contributed by atoms with Crippen molar-refractivity contribution in [3.05, 3.63) is 60.2 Å². The molecule has 2 aliphatic rings. The van der Waals surface area contributed by atoms with Crippen LogP contribution in [0.4, 0.5) is 16.2 Å². The van der Waals surface area contributed by atoms with Crippen molar-refractivity contribution in [3.8, 4) is 0 Å². The first-order valence-corrected chi connectivity index (χ1v) is 10.2. The van der Waals surface area contributed by atoms with Crippen LogP contribution in [0.2, 0.25) is 0 Å². The molecule has 1 heterocycles. The maximum absolute atomic E-state index is 12.9. The molecule has 2 N–H and O–H groups in total. The Labute approximate surface area is 167 Å². The average Bonchev–Trinajstić information content (AvgIpc) is 2.65. The van der Waals surface area contributed by atoms with Crippen LogP contribution in [0.3, 0.4) is 0 Å². The molecule has 0 bridgehead atoms. The van der Waals surface area contributed by atoms with E-state index in [-0.39, 0.29) is 23.8 Å².